The van der Waals surface area contributed by atoms with Crippen molar-refractivity contribution in [3.05, 3.63) is 101 Å². The first-order chi connectivity index (χ1) is 20.4. The summed E-state index contributed by atoms with van der Waals surface area (Å²) in [5, 5.41) is 21.8. The van der Waals surface area contributed by atoms with Crippen LogP contribution in [0, 0.1) is 0 Å². The van der Waals surface area contributed by atoms with Gasteiger partial charge in [-0.3, -0.25) is 4.79 Å². The zero-order valence-electron chi connectivity index (χ0n) is 22.9. The number of carbonyl (C=O) groups is 1. The minimum absolute atomic E-state index is 0.122. The van der Waals surface area contributed by atoms with E-state index < -0.39 is 18.8 Å². The molecule has 0 fully saturated rings. The Labute approximate surface area is 247 Å². The van der Waals surface area contributed by atoms with Gasteiger partial charge in [0, 0.05) is 30.3 Å². The van der Waals surface area contributed by atoms with E-state index in [9.17, 15) is 15.0 Å². The summed E-state index contributed by atoms with van der Waals surface area (Å²) in [4.78, 5) is 20.5. The third kappa shape index (κ3) is 5.46. The Morgan fingerprint density at radius 3 is 2.69 bits per heavy atom. The van der Waals surface area contributed by atoms with Gasteiger partial charge in [-0.1, -0.05) is 48.0 Å². The van der Waals surface area contributed by atoms with Gasteiger partial charge in [0.05, 0.1) is 31.1 Å². The van der Waals surface area contributed by atoms with Gasteiger partial charge in [0.15, 0.2) is 18.1 Å². The molecule has 1 amide bonds. The summed E-state index contributed by atoms with van der Waals surface area (Å²) in [6.07, 6.45) is 1.37. The molecule has 42 heavy (non-hydrogen) atoms. The molecule has 2 N–H and O–H groups in total. The molecule has 9 nitrogen and oxygen atoms in total. The summed E-state index contributed by atoms with van der Waals surface area (Å²) in [5.41, 5.74) is 3.17. The third-order valence-electron chi connectivity index (χ3n) is 7.41. The Hall–Kier alpha value is -4.31. The monoisotopic (exact) mass is 587 g/mol. The molecule has 10 heteroatoms. The minimum atomic E-state index is -1.05. The largest absolute Gasteiger partial charge is 0.493 e. The Bertz CT molecular complexity index is 1760. The van der Waals surface area contributed by atoms with E-state index in [1.807, 2.05) is 59.1 Å². The molecule has 0 radical (unpaired) electrons. The van der Waals surface area contributed by atoms with Crippen molar-refractivity contribution in [2.75, 3.05) is 33.5 Å². The quantitative estimate of drug-likeness (QED) is 0.263. The van der Waals surface area contributed by atoms with Crippen molar-refractivity contribution in [1.82, 2.24) is 14.3 Å². The van der Waals surface area contributed by atoms with Crippen LogP contribution in [0.4, 0.5) is 0 Å². The standard InChI is InChI=1S/C32H30ClN3O6/c1-40-27-9-7-22(15-28(27)42-18-24(38)17-37)31-32-26(34-29-16-23(33)10-12-35(29)32)11-13-36(31)30(39)19-41-25-8-6-20-4-2-3-5-21(20)14-25/h2-10,12,14-16,24,31,37-38H,11,13,17-19H2,1H3. The molecular formula is C32H30ClN3O6. The smallest absolute Gasteiger partial charge is 0.261 e. The normalized spacial score (nSPS) is 15.4. The van der Waals surface area contributed by atoms with Gasteiger partial charge >= 0.3 is 0 Å². The zero-order chi connectivity index (χ0) is 29.2. The topological polar surface area (TPSA) is 106 Å². The number of halogens is 1. The number of amides is 1. The Balaban J connectivity index is 1.36. The maximum absolute atomic E-state index is 13.8. The number of hydrogen-bond donors (Lipinski definition) is 2. The molecule has 2 atom stereocenters. The van der Waals surface area contributed by atoms with Crippen LogP contribution in [0.15, 0.2) is 79.0 Å². The van der Waals surface area contributed by atoms with Crippen molar-refractivity contribution in [2.45, 2.75) is 18.6 Å². The van der Waals surface area contributed by atoms with Crippen molar-refractivity contribution in [2.24, 2.45) is 0 Å². The average Bonchev–Trinajstić information content (AvgIpc) is 3.39. The van der Waals surface area contributed by atoms with Crippen LogP contribution in [0.3, 0.4) is 0 Å². The number of imidazole rings is 1. The molecule has 0 bridgehead atoms. The van der Waals surface area contributed by atoms with Crippen LogP contribution in [0.5, 0.6) is 17.2 Å². The van der Waals surface area contributed by atoms with Crippen LogP contribution in [-0.2, 0) is 11.2 Å². The highest BCUT2D eigenvalue weighted by atomic mass is 35.5. The minimum Gasteiger partial charge on any atom is -0.493 e. The predicted octanol–water partition coefficient (Wildman–Crippen LogP) is 4.43. The van der Waals surface area contributed by atoms with Gasteiger partial charge < -0.3 is 33.7 Å². The lowest BCUT2D eigenvalue weighted by molar-refractivity contribution is -0.135. The fourth-order valence-corrected chi connectivity index (χ4v) is 5.52. The molecule has 2 aromatic heterocycles. The molecule has 2 unspecified atom stereocenters. The first-order valence-corrected chi connectivity index (χ1v) is 14.0. The number of nitrogens with zero attached hydrogens (tertiary/aromatic N) is 3. The van der Waals surface area contributed by atoms with Gasteiger partial charge in [-0.2, -0.15) is 0 Å². The Morgan fingerprint density at radius 1 is 1.05 bits per heavy atom. The summed E-state index contributed by atoms with van der Waals surface area (Å²) >= 11 is 6.27. The second-order valence-electron chi connectivity index (χ2n) is 10.1. The molecular weight excluding hydrogens is 558 g/mol. The van der Waals surface area contributed by atoms with Gasteiger partial charge in [0.2, 0.25) is 0 Å². The first-order valence-electron chi connectivity index (χ1n) is 13.6. The van der Waals surface area contributed by atoms with E-state index in [-0.39, 0.29) is 19.1 Å². The van der Waals surface area contributed by atoms with Crippen LogP contribution in [-0.4, -0.2) is 70.0 Å². The van der Waals surface area contributed by atoms with E-state index in [1.54, 1.807) is 29.2 Å². The fraction of sp³-hybridized carbons (Fsp3) is 0.250. The molecule has 3 aromatic carbocycles. The molecule has 3 heterocycles. The molecule has 0 spiro atoms. The van der Waals surface area contributed by atoms with Gasteiger partial charge in [0.25, 0.3) is 5.91 Å². The van der Waals surface area contributed by atoms with E-state index in [1.165, 1.54) is 7.11 Å². The second-order valence-corrected chi connectivity index (χ2v) is 10.5. The third-order valence-corrected chi connectivity index (χ3v) is 7.65. The summed E-state index contributed by atoms with van der Waals surface area (Å²) < 4.78 is 19.3. The predicted molar refractivity (Wildman–Crippen MR) is 158 cm³/mol. The highest BCUT2D eigenvalue weighted by Gasteiger charge is 2.36. The number of benzene rings is 3. The molecule has 5 aromatic rings. The molecule has 0 saturated heterocycles. The van der Waals surface area contributed by atoms with Crippen molar-refractivity contribution >= 4 is 33.9 Å². The number of fused-ring (bicyclic) bond motifs is 4. The van der Waals surface area contributed by atoms with Crippen molar-refractivity contribution < 1.29 is 29.2 Å². The van der Waals surface area contributed by atoms with Crippen LogP contribution in [0.1, 0.15) is 23.0 Å². The van der Waals surface area contributed by atoms with Gasteiger partial charge in [-0.05, 0) is 46.7 Å². The average molecular weight is 588 g/mol. The number of ether oxygens (including phenoxy) is 3. The Morgan fingerprint density at radius 2 is 1.88 bits per heavy atom. The maximum atomic E-state index is 13.8. The second kappa shape index (κ2) is 11.9. The lowest BCUT2D eigenvalue weighted by Gasteiger charge is -2.36. The summed E-state index contributed by atoms with van der Waals surface area (Å²) in [7, 11) is 1.53. The van der Waals surface area contributed by atoms with Crippen molar-refractivity contribution in [3.63, 3.8) is 0 Å². The summed E-state index contributed by atoms with van der Waals surface area (Å²) in [5.74, 6) is 1.27. The number of aliphatic hydroxyl groups is 2. The van der Waals surface area contributed by atoms with Crippen LogP contribution >= 0.6 is 11.6 Å². The number of aliphatic hydroxyl groups excluding tert-OH is 2. The Kier molecular flexibility index (Phi) is 7.88. The molecule has 1 aliphatic heterocycles. The SMILES string of the molecule is COc1ccc(C2c3c(nc4cc(Cl)ccn34)CCN2C(=O)COc2ccc3ccccc3c2)cc1OCC(O)CO. The molecule has 1 aliphatic rings. The zero-order valence-corrected chi connectivity index (χ0v) is 23.7. The van der Waals surface area contributed by atoms with Gasteiger partial charge in [-0.15, -0.1) is 0 Å². The highest BCUT2D eigenvalue weighted by Crippen LogP contribution is 2.40. The number of methoxy groups -OCH3 is 1. The first kappa shape index (κ1) is 27.8. The van der Waals surface area contributed by atoms with E-state index in [2.05, 4.69) is 0 Å². The number of aromatic nitrogens is 2. The maximum Gasteiger partial charge on any atom is 0.261 e. The van der Waals surface area contributed by atoms with Crippen molar-refractivity contribution in [1.29, 1.82) is 0 Å². The van der Waals surface area contributed by atoms with E-state index in [0.29, 0.717) is 40.9 Å². The van der Waals surface area contributed by atoms with Gasteiger partial charge in [0.1, 0.15) is 24.1 Å². The number of hydrogen-bond acceptors (Lipinski definition) is 7. The van der Waals surface area contributed by atoms with Crippen LogP contribution in [0.2, 0.25) is 5.02 Å². The summed E-state index contributed by atoms with van der Waals surface area (Å²) in [6.45, 7) is -0.268. The fourth-order valence-electron chi connectivity index (χ4n) is 5.37. The van der Waals surface area contributed by atoms with E-state index in [4.69, 9.17) is 30.8 Å². The molecule has 0 aliphatic carbocycles. The van der Waals surface area contributed by atoms with E-state index >= 15 is 0 Å². The molecule has 216 valence electrons. The lowest BCUT2D eigenvalue weighted by Crippen LogP contribution is -2.43. The summed E-state index contributed by atoms with van der Waals surface area (Å²) in [6, 6.07) is 22.3. The highest BCUT2D eigenvalue weighted by molar-refractivity contribution is 6.30. The van der Waals surface area contributed by atoms with Gasteiger partial charge in [-0.25, -0.2) is 4.98 Å². The van der Waals surface area contributed by atoms with E-state index in [0.717, 1.165) is 27.7 Å². The molecule has 6 rings (SSSR count). The van der Waals surface area contributed by atoms with Crippen LogP contribution < -0.4 is 14.2 Å². The number of pyridine rings is 1. The van der Waals surface area contributed by atoms with Crippen LogP contribution in [0.25, 0.3) is 16.4 Å². The van der Waals surface area contributed by atoms with Crippen molar-refractivity contribution in [3.8, 4) is 17.2 Å². The number of carbonyl (C=O) groups excluding carboxylic acids is 1. The number of rotatable bonds is 9. The lowest BCUT2D eigenvalue weighted by atomic mass is 9.95. The molecule has 0 saturated carbocycles.